The number of nitrogens with zero attached hydrogens (tertiary/aromatic N) is 2. The van der Waals surface area contributed by atoms with E-state index in [1.54, 1.807) is 16.8 Å². The van der Waals surface area contributed by atoms with Crippen molar-refractivity contribution in [2.24, 2.45) is 5.92 Å². The van der Waals surface area contributed by atoms with Crippen LogP contribution in [-0.2, 0) is 11.2 Å². The lowest BCUT2D eigenvalue weighted by Gasteiger charge is -2.12. The van der Waals surface area contributed by atoms with Gasteiger partial charge < -0.3 is 10.1 Å². The van der Waals surface area contributed by atoms with E-state index < -0.39 is 0 Å². The lowest BCUT2D eigenvalue weighted by molar-refractivity contribution is -0.121. The van der Waals surface area contributed by atoms with Crippen LogP contribution in [0.5, 0.6) is 11.6 Å². The fourth-order valence-corrected chi connectivity index (χ4v) is 3.39. The highest BCUT2D eigenvalue weighted by Crippen LogP contribution is 2.32. The van der Waals surface area contributed by atoms with Crippen molar-refractivity contribution in [3.05, 3.63) is 71.2 Å². The molecule has 1 N–H and O–H groups in total. The van der Waals surface area contributed by atoms with Crippen LogP contribution in [0.3, 0.4) is 0 Å². The summed E-state index contributed by atoms with van der Waals surface area (Å²) in [5.74, 6) is 1.63. The van der Waals surface area contributed by atoms with Gasteiger partial charge in [-0.3, -0.25) is 4.79 Å². The molecule has 0 radical (unpaired) electrons. The zero-order valence-corrected chi connectivity index (χ0v) is 17.3. The Labute approximate surface area is 175 Å². The molecule has 0 saturated heterocycles. The summed E-state index contributed by atoms with van der Waals surface area (Å²) in [4.78, 5) is 12.3. The van der Waals surface area contributed by atoms with Gasteiger partial charge in [0.2, 0.25) is 11.8 Å². The number of amides is 1. The van der Waals surface area contributed by atoms with Gasteiger partial charge in [0.05, 0.1) is 11.4 Å². The van der Waals surface area contributed by atoms with Gasteiger partial charge in [0.25, 0.3) is 0 Å². The number of carbonyl (C=O) groups excluding carboxylic acids is 1. The van der Waals surface area contributed by atoms with Crippen molar-refractivity contribution in [2.75, 3.05) is 6.54 Å². The summed E-state index contributed by atoms with van der Waals surface area (Å²) in [5.41, 5.74) is 3.45. The second-order valence-corrected chi connectivity index (χ2v) is 7.92. The number of aromatic nitrogens is 2. The molecular formula is C24H26FN3O2. The van der Waals surface area contributed by atoms with Gasteiger partial charge in [0.1, 0.15) is 11.6 Å². The zero-order chi connectivity index (χ0) is 21.1. The molecule has 30 heavy (non-hydrogen) atoms. The zero-order valence-electron chi connectivity index (χ0n) is 17.3. The van der Waals surface area contributed by atoms with Crippen LogP contribution in [-0.4, -0.2) is 22.2 Å². The Kier molecular flexibility index (Phi) is 5.84. The minimum Gasteiger partial charge on any atom is -0.439 e. The molecule has 1 aromatic heterocycles. The number of carbonyl (C=O) groups is 1. The summed E-state index contributed by atoms with van der Waals surface area (Å²) in [5, 5.41) is 7.64. The van der Waals surface area contributed by atoms with E-state index in [9.17, 15) is 9.18 Å². The molecule has 0 aliphatic heterocycles. The average molecular weight is 407 g/mol. The van der Waals surface area contributed by atoms with Crippen molar-refractivity contribution in [3.8, 4) is 17.3 Å². The largest absolute Gasteiger partial charge is 0.439 e. The quantitative estimate of drug-likeness (QED) is 0.579. The van der Waals surface area contributed by atoms with Crippen molar-refractivity contribution in [1.29, 1.82) is 0 Å². The number of hydrogen-bond donors (Lipinski definition) is 1. The minimum atomic E-state index is -0.309. The average Bonchev–Trinajstić information content (AvgIpc) is 3.50. The Morgan fingerprint density at radius 3 is 2.67 bits per heavy atom. The number of halogens is 1. The van der Waals surface area contributed by atoms with Crippen molar-refractivity contribution >= 4 is 5.91 Å². The summed E-state index contributed by atoms with van der Waals surface area (Å²) >= 11 is 0. The number of aryl methyl sites for hydroxylation is 2. The summed E-state index contributed by atoms with van der Waals surface area (Å²) in [7, 11) is 0. The Balaban J connectivity index is 1.61. The Morgan fingerprint density at radius 1 is 1.20 bits per heavy atom. The van der Waals surface area contributed by atoms with Gasteiger partial charge in [0, 0.05) is 18.5 Å². The number of hydrogen-bond acceptors (Lipinski definition) is 3. The van der Waals surface area contributed by atoms with Crippen LogP contribution in [0.25, 0.3) is 5.69 Å². The molecular weight excluding hydrogens is 381 g/mol. The molecule has 1 fully saturated rings. The monoisotopic (exact) mass is 407 g/mol. The third-order valence-electron chi connectivity index (χ3n) is 5.30. The van der Waals surface area contributed by atoms with Crippen molar-refractivity contribution in [1.82, 2.24) is 15.1 Å². The van der Waals surface area contributed by atoms with Gasteiger partial charge in [0.15, 0.2) is 0 Å². The van der Waals surface area contributed by atoms with E-state index in [0.29, 0.717) is 36.1 Å². The van der Waals surface area contributed by atoms with E-state index in [1.807, 2.05) is 38.1 Å². The van der Waals surface area contributed by atoms with Crippen molar-refractivity contribution < 1.29 is 13.9 Å². The maximum Gasteiger partial charge on any atom is 0.226 e. The molecule has 0 spiro atoms. The highest BCUT2D eigenvalue weighted by Gasteiger charge is 2.23. The molecule has 1 saturated carbocycles. The molecule has 1 amide bonds. The molecule has 0 atom stereocenters. The first-order valence-electron chi connectivity index (χ1n) is 10.4. The molecule has 1 aliphatic carbocycles. The van der Waals surface area contributed by atoms with Gasteiger partial charge in [-0.2, -0.15) is 5.10 Å². The number of ether oxygens (including phenoxy) is 1. The fourth-order valence-electron chi connectivity index (χ4n) is 3.39. The lowest BCUT2D eigenvalue weighted by Crippen LogP contribution is -2.25. The molecule has 0 unspecified atom stereocenters. The van der Waals surface area contributed by atoms with E-state index in [2.05, 4.69) is 10.4 Å². The molecule has 4 rings (SSSR count). The molecule has 3 aromatic rings. The molecule has 156 valence electrons. The van der Waals surface area contributed by atoms with E-state index in [4.69, 9.17) is 4.74 Å². The van der Waals surface area contributed by atoms with Gasteiger partial charge in [-0.15, -0.1) is 0 Å². The van der Waals surface area contributed by atoms with Gasteiger partial charge in [-0.05, 0) is 81.0 Å². The predicted octanol–water partition coefficient (Wildman–Crippen LogP) is 4.88. The smallest absolute Gasteiger partial charge is 0.226 e. The SMILES string of the molecule is Cc1cccc(Oc2c(CCC(=O)NCC3CC3)c(C)nn2-c2ccc(F)cc2)c1. The van der Waals surface area contributed by atoms with Crippen LogP contribution < -0.4 is 10.1 Å². The highest BCUT2D eigenvalue weighted by molar-refractivity contribution is 5.76. The van der Waals surface area contributed by atoms with Crippen LogP contribution in [0, 0.1) is 25.6 Å². The van der Waals surface area contributed by atoms with Crippen LogP contribution >= 0.6 is 0 Å². The first-order chi connectivity index (χ1) is 14.5. The van der Waals surface area contributed by atoms with Gasteiger partial charge >= 0.3 is 0 Å². The normalized spacial score (nSPS) is 13.3. The minimum absolute atomic E-state index is 0.0392. The van der Waals surface area contributed by atoms with Crippen LogP contribution in [0.2, 0.25) is 0 Å². The third kappa shape index (κ3) is 4.87. The Hall–Kier alpha value is -3.15. The molecule has 0 bridgehead atoms. The second-order valence-electron chi connectivity index (χ2n) is 7.92. The third-order valence-corrected chi connectivity index (χ3v) is 5.30. The molecule has 2 aromatic carbocycles. The second kappa shape index (κ2) is 8.69. The maximum atomic E-state index is 13.4. The molecule has 1 aliphatic rings. The highest BCUT2D eigenvalue weighted by atomic mass is 19.1. The topological polar surface area (TPSA) is 56.1 Å². The maximum absolute atomic E-state index is 13.4. The first kappa shape index (κ1) is 20.1. The summed E-state index contributed by atoms with van der Waals surface area (Å²) in [6, 6.07) is 13.9. The summed E-state index contributed by atoms with van der Waals surface area (Å²) < 4.78 is 21.3. The number of benzene rings is 2. The lowest BCUT2D eigenvalue weighted by atomic mass is 10.1. The van der Waals surface area contributed by atoms with E-state index in [1.165, 1.54) is 25.0 Å². The summed E-state index contributed by atoms with van der Waals surface area (Å²) in [6.45, 7) is 4.67. The van der Waals surface area contributed by atoms with E-state index in [0.717, 1.165) is 23.4 Å². The van der Waals surface area contributed by atoms with Crippen molar-refractivity contribution in [3.63, 3.8) is 0 Å². The molecule has 1 heterocycles. The van der Waals surface area contributed by atoms with Crippen molar-refractivity contribution in [2.45, 2.75) is 39.5 Å². The number of nitrogens with one attached hydrogen (secondary N) is 1. The summed E-state index contributed by atoms with van der Waals surface area (Å²) in [6.07, 6.45) is 3.30. The van der Waals surface area contributed by atoms with Gasteiger partial charge in [-0.1, -0.05) is 12.1 Å². The van der Waals surface area contributed by atoms with Crippen LogP contribution in [0.4, 0.5) is 4.39 Å². The standard InChI is InChI=1S/C24H26FN3O2/c1-16-4-3-5-21(14-16)30-24-22(12-13-23(29)26-15-18-6-7-18)17(2)27-28(24)20-10-8-19(25)9-11-20/h3-5,8-11,14,18H,6-7,12-13,15H2,1-2H3,(H,26,29). The van der Waals surface area contributed by atoms with E-state index in [-0.39, 0.29) is 11.7 Å². The Bertz CT molecular complexity index is 1040. The fraction of sp³-hybridized carbons (Fsp3) is 0.333. The first-order valence-corrected chi connectivity index (χ1v) is 10.4. The van der Waals surface area contributed by atoms with Crippen LogP contribution in [0.15, 0.2) is 48.5 Å². The van der Waals surface area contributed by atoms with Crippen LogP contribution in [0.1, 0.15) is 36.1 Å². The number of rotatable bonds is 8. The Morgan fingerprint density at radius 2 is 1.97 bits per heavy atom. The molecule has 6 heteroatoms. The molecule has 5 nitrogen and oxygen atoms in total. The predicted molar refractivity (Wildman–Crippen MR) is 114 cm³/mol. The van der Waals surface area contributed by atoms with Gasteiger partial charge in [-0.25, -0.2) is 9.07 Å². The van der Waals surface area contributed by atoms with E-state index >= 15 is 0 Å².